The molecule has 3 heterocycles. The van der Waals surface area contributed by atoms with E-state index in [1.807, 2.05) is 24.1 Å². The van der Waals surface area contributed by atoms with Gasteiger partial charge in [-0.05, 0) is 11.6 Å². The second-order valence-electron chi connectivity index (χ2n) is 7.10. The van der Waals surface area contributed by atoms with Gasteiger partial charge in [0.1, 0.15) is 11.5 Å². The highest BCUT2D eigenvalue weighted by Crippen LogP contribution is 2.25. The molecule has 5 heteroatoms. The number of amides is 1. The Morgan fingerprint density at radius 3 is 2.92 bits per heavy atom. The monoisotopic (exact) mass is 337 g/mol. The number of hydrogen-bond donors (Lipinski definition) is 0. The lowest BCUT2D eigenvalue weighted by molar-refractivity contribution is -0.131. The van der Waals surface area contributed by atoms with Crippen LogP contribution in [-0.4, -0.2) is 26.9 Å². The molecule has 0 saturated heterocycles. The predicted octanol–water partition coefficient (Wildman–Crippen LogP) is 3.42. The molecular weight excluding hydrogens is 314 g/mol. The summed E-state index contributed by atoms with van der Waals surface area (Å²) < 4.78 is 7.90. The average molecular weight is 337 g/mol. The van der Waals surface area contributed by atoms with Crippen LogP contribution in [-0.2, 0) is 31.2 Å². The number of oxazole rings is 1. The molecule has 5 nitrogen and oxygen atoms in total. The van der Waals surface area contributed by atoms with Gasteiger partial charge in [-0.25, -0.2) is 4.98 Å². The van der Waals surface area contributed by atoms with E-state index in [0.29, 0.717) is 19.5 Å². The minimum atomic E-state index is 0.149. The predicted molar refractivity (Wildman–Crippen MR) is 96.3 cm³/mol. The summed E-state index contributed by atoms with van der Waals surface area (Å²) in [7, 11) is 2.02. The molecule has 2 aromatic heterocycles. The first-order valence-corrected chi connectivity index (χ1v) is 8.82. The molecule has 0 unspecified atom stereocenters. The van der Waals surface area contributed by atoms with Gasteiger partial charge in [0.2, 0.25) is 5.91 Å². The maximum absolute atomic E-state index is 12.8. The third-order valence-electron chi connectivity index (χ3n) is 4.91. The second-order valence-corrected chi connectivity index (χ2v) is 7.10. The van der Waals surface area contributed by atoms with Gasteiger partial charge in [-0.15, -0.1) is 0 Å². The molecular formula is C20H23N3O2. The third kappa shape index (κ3) is 2.84. The second kappa shape index (κ2) is 6.06. The van der Waals surface area contributed by atoms with Crippen LogP contribution in [0.1, 0.15) is 42.7 Å². The number of carbonyl (C=O) groups is 1. The van der Waals surface area contributed by atoms with Crippen molar-refractivity contribution in [3.8, 4) is 0 Å². The molecule has 25 heavy (non-hydrogen) atoms. The first kappa shape index (κ1) is 15.9. The highest BCUT2D eigenvalue weighted by molar-refractivity contribution is 5.89. The number of para-hydroxylation sites is 1. The molecule has 4 rings (SSSR count). The zero-order valence-electron chi connectivity index (χ0n) is 15.0. The number of aryl methyl sites for hydroxylation is 1. The van der Waals surface area contributed by atoms with Crippen LogP contribution in [0.25, 0.3) is 10.9 Å². The van der Waals surface area contributed by atoms with Crippen LogP contribution in [0.5, 0.6) is 0 Å². The summed E-state index contributed by atoms with van der Waals surface area (Å²) in [6.07, 6.45) is 3.23. The van der Waals surface area contributed by atoms with E-state index >= 15 is 0 Å². The largest absolute Gasteiger partial charge is 0.445 e. The van der Waals surface area contributed by atoms with E-state index in [4.69, 9.17) is 4.42 Å². The number of benzene rings is 1. The zero-order chi connectivity index (χ0) is 17.6. The number of rotatable bonds is 3. The normalized spacial score (nSPS) is 14.3. The van der Waals surface area contributed by atoms with Gasteiger partial charge in [-0.1, -0.05) is 32.0 Å². The van der Waals surface area contributed by atoms with Crippen LogP contribution in [0.3, 0.4) is 0 Å². The quantitative estimate of drug-likeness (QED) is 0.736. The fourth-order valence-corrected chi connectivity index (χ4v) is 3.52. The van der Waals surface area contributed by atoms with Gasteiger partial charge >= 0.3 is 0 Å². The summed E-state index contributed by atoms with van der Waals surface area (Å²) in [6, 6.07) is 8.21. The van der Waals surface area contributed by atoms with Gasteiger partial charge in [-0.2, -0.15) is 0 Å². The molecule has 0 spiro atoms. The first-order valence-electron chi connectivity index (χ1n) is 8.82. The Hall–Kier alpha value is -2.56. The molecule has 0 bridgehead atoms. The number of nitrogens with zero attached hydrogens (tertiary/aromatic N) is 3. The lowest BCUT2D eigenvalue weighted by Gasteiger charge is -2.25. The molecule has 0 atom stereocenters. The smallest absolute Gasteiger partial charge is 0.227 e. The Balaban J connectivity index is 1.53. The topological polar surface area (TPSA) is 51.3 Å². The van der Waals surface area contributed by atoms with Crippen LogP contribution in [0.15, 0.2) is 34.9 Å². The summed E-state index contributed by atoms with van der Waals surface area (Å²) in [6.45, 7) is 5.39. The van der Waals surface area contributed by atoms with E-state index in [1.54, 1.807) is 0 Å². The van der Waals surface area contributed by atoms with E-state index < -0.39 is 0 Å². The lowest BCUT2D eigenvalue weighted by Crippen LogP contribution is -2.36. The van der Waals surface area contributed by atoms with E-state index in [2.05, 4.69) is 41.7 Å². The van der Waals surface area contributed by atoms with Crippen molar-refractivity contribution in [3.63, 3.8) is 0 Å². The summed E-state index contributed by atoms with van der Waals surface area (Å²) in [5.41, 5.74) is 3.16. The minimum absolute atomic E-state index is 0.149. The fraction of sp³-hybridized carbons (Fsp3) is 0.400. The summed E-state index contributed by atoms with van der Waals surface area (Å²) in [5.74, 6) is 2.13. The van der Waals surface area contributed by atoms with Crippen LogP contribution in [0.2, 0.25) is 0 Å². The molecule has 0 fully saturated rings. The SMILES string of the molecule is CC(C)c1nc2c(o1)CCN(C(=O)Cc1cn(C)c3ccccc13)C2. The number of hydrogen-bond acceptors (Lipinski definition) is 3. The van der Waals surface area contributed by atoms with Crippen LogP contribution in [0, 0.1) is 0 Å². The summed E-state index contributed by atoms with van der Waals surface area (Å²) in [4.78, 5) is 19.3. The number of carbonyl (C=O) groups excluding carboxylic acids is 1. The van der Waals surface area contributed by atoms with Gasteiger partial charge in [-0.3, -0.25) is 4.79 Å². The molecule has 1 aliphatic heterocycles. The molecule has 1 amide bonds. The summed E-state index contributed by atoms with van der Waals surface area (Å²) >= 11 is 0. The maximum Gasteiger partial charge on any atom is 0.227 e. The van der Waals surface area contributed by atoms with Crippen molar-refractivity contribution >= 4 is 16.8 Å². The highest BCUT2D eigenvalue weighted by Gasteiger charge is 2.26. The molecule has 0 radical (unpaired) electrons. The van der Waals surface area contributed by atoms with Gasteiger partial charge in [0.25, 0.3) is 0 Å². The third-order valence-corrected chi connectivity index (χ3v) is 4.91. The van der Waals surface area contributed by atoms with Crippen molar-refractivity contribution in [1.82, 2.24) is 14.5 Å². The molecule has 0 aliphatic carbocycles. The Labute approximate surface area is 147 Å². The summed E-state index contributed by atoms with van der Waals surface area (Å²) in [5, 5.41) is 1.15. The standard InChI is InChI=1S/C20H23N3O2/c1-13(2)20-21-16-12-23(9-8-18(16)25-20)19(24)10-14-11-22(3)17-7-5-4-6-15(14)17/h4-7,11,13H,8-10,12H2,1-3H3. The zero-order valence-corrected chi connectivity index (χ0v) is 15.0. The van der Waals surface area contributed by atoms with Gasteiger partial charge in [0.05, 0.1) is 13.0 Å². The van der Waals surface area contributed by atoms with E-state index in [9.17, 15) is 4.79 Å². The van der Waals surface area contributed by atoms with Crippen molar-refractivity contribution in [3.05, 3.63) is 53.4 Å². The van der Waals surface area contributed by atoms with Gasteiger partial charge in [0.15, 0.2) is 5.89 Å². The Bertz CT molecular complexity index is 936. The van der Waals surface area contributed by atoms with Crippen LogP contribution >= 0.6 is 0 Å². The van der Waals surface area contributed by atoms with E-state index in [1.165, 1.54) is 0 Å². The molecule has 0 saturated carbocycles. The van der Waals surface area contributed by atoms with Crippen LogP contribution < -0.4 is 0 Å². The Morgan fingerprint density at radius 1 is 1.32 bits per heavy atom. The molecule has 1 aliphatic rings. The Kier molecular flexibility index (Phi) is 3.86. The van der Waals surface area contributed by atoms with E-state index in [-0.39, 0.29) is 11.8 Å². The van der Waals surface area contributed by atoms with Crippen LogP contribution in [0.4, 0.5) is 0 Å². The van der Waals surface area contributed by atoms with Crippen molar-refractivity contribution < 1.29 is 9.21 Å². The van der Waals surface area contributed by atoms with Crippen molar-refractivity contribution in [2.45, 2.75) is 39.2 Å². The van der Waals surface area contributed by atoms with Gasteiger partial charge in [0, 0.05) is 43.0 Å². The molecule has 130 valence electrons. The first-order chi connectivity index (χ1) is 12.0. The minimum Gasteiger partial charge on any atom is -0.445 e. The average Bonchev–Trinajstić information content (AvgIpc) is 3.16. The number of fused-ring (bicyclic) bond motifs is 2. The molecule has 3 aromatic rings. The highest BCUT2D eigenvalue weighted by atomic mass is 16.4. The molecule has 1 aromatic carbocycles. The maximum atomic E-state index is 12.8. The lowest BCUT2D eigenvalue weighted by atomic mass is 10.1. The Morgan fingerprint density at radius 2 is 2.12 bits per heavy atom. The van der Waals surface area contributed by atoms with Gasteiger partial charge < -0.3 is 13.9 Å². The molecule has 0 N–H and O–H groups in total. The van der Waals surface area contributed by atoms with Crippen molar-refractivity contribution in [2.24, 2.45) is 7.05 Å². The van der Waals surface area contributed by atoms with Crippen molar-refractivity contribution in [1.29, 1.82) is 0 Å². The van der Waals surface area contributed by atoms with E-state index in [0.717, 1.165) is 40.2 Å². The fourth-order valence-electron chi connectivity index (χ4n) is 3.52. The van der Waals surface area contributed by atoms with Crippen molar-refractivity contribution in [2.75, 3.05) is 6.54 Å². The number of aromatic nitrogens is 2.